The van der Waals surface area contributed by atoms with Crippen molar-refractivity contribution in [2.75, 3.05) is 19.6 Å². The molecule has 2 aromatic carbocycles. The van der Waals surface area contributed by atoms with Crippen molar-refractivity contribution in [2.45, 2.75) is 43.9 Å². The molecule has 162 valence electrons. The summed E-state index contributed by atoms with van der Waals surface area (Å²) < 4.78 is 27.3. The summed E-state index contributed by atoms with van der Waals surface area (Å²) in [7, 11) is -3.52. The van der Waals surface area contributed by atoms with Gasteiger partial charge in [-0.1, -0.05) is 49.7 Å². The van der Waals surface area contributed by atoms with Gasteiger partial charge in [0, 0.05) is 30.6 Å². The Labute approximate surface area is 184 Å². The van der Waals surface area contributed by atoms with Gasteiger partial charge in [-0.2, -0.15) is 4.31 Å². The molecule has 0 bridgehead atoms. The van der Waals surface area contributed by atoms with Gasteiger partial charge in [0.1, 0.15) is 0 Å². The molecular weight excluding hydrogens is 420 g/mol. The van der Waals surface area contributed by atoms with Crippen LogP contribution in [0.3, 0.4) is 0 Å². The van der Waals surface area contributed by atoms with Gasteiger partial charge in [0.05, 0.1) is 4.90 Å². The first-order valence-corrected chi connectivity index (χ1v) is 12.2. The highest BCUT2D eigenvalue weighted by Gasteiger charge is 2.32. The molecule has 1 heterocycles. The van der Waals surface area contributed by atoms with Crippen molar-refractivity contribution in [3.05, 3.63) is 64.7 Å². The van der Waals surface area contributed by atoms with E-state index >= 15 is 0 Å². The maximum atomic E-state index is 12.9. The topological polar surface area (TPSA) is 66.5 Å². The van der Waals surface area contributed by atoms with E-state index < -0.39 is 10.0 Å². The zero-order chi connectivity index (χ0) is 21.7. The molecule has 1 saturated heterocycles. The number of nitrogens with one attached hydrogen (secondary N) is 1. The highest BCUT2D eigenvalue weighted by Crippen LogP contribution is 2.25. The van der Waals surface area contributed by atoms with E-state index in [4.69, 9.17) is 11.6 Å². The third kappa shape index (κ3) is 5.62. The second-order valence-corrected chi connectivity index (χ2v) is 10.4. The number of nitrogens with zero attached hydrogens (tertiary/aromatic N) is 1. The quantitative estimate of drug-likeness (QED) is 0.689. The summed E-state index contributed by atoms with van der Waals surface area (Å²) in [5, 5.41) is 3.66. The number of piperidine rings is 1. The average Bonchev–Trinajstić information content (AvgIpc) is 2.74. The number of halogens is 1. The number of hydrogen-bond acceptors (Lipinski definition) is 3. The third-order valence-electron chi connectivity index (χ3n) is 5.61. The summed E-state index contributed by atoms with van der Waals surface area (Å²) in [6, 6.07) is 14.7. The fourth-order valence-corrected chi connectivity index (χ4v) is 5.38. The van der Waals surface area contributed by atoms with Gasteiger partial charge in [0.15, 0.2) is 0 Å². The molecule has 1 aliphatic rings. The molecule has 0 aliphatic carbocycles. The first-order valence-electron chi connectivity index (χ1n) is 10.4. The molecule has 0 radical (unpaired) electrons. The van der Waals surface area contributed by atoms with E-state index in [0.717, 1.165) is 11.1 Å². The van der Waals surface area contributed by atoms with Gasteiger partial charge >= 0.3 is 0 Å². The SMILES string of the molecule is CC(C)c1ccc(S(=O)(=O)N2CCC(C(=O)NCCc3cccc(Cl)c3)CC2)cc1. The van der Waals surface area contributed by atoms with E-state index in [9.17, 15) is 13.2 Å². The van der Waals surface area contributed by atoms with Crippen LogP contribution in [0.1, 0.15) is 43.7 Å². The minimum atomic E-state index is -3.52. The Morgan fingerprint density at radius 2 is 1.80 bits per heavy atom. The minimum Gasteiger partial charge on any atom is -0.356 e. The smallest absolute Gasteiger partial charge is 0.243 e. The molecule has 1 amide bonds. The zero-order valence-electron chi connectivity index (χ0n) is 17.5. The standard InChI is InChI=1S/C23H29ClN2O3S/c1-17(2)19-6-8-22(9-7-19)30(28,29)26-14-11-20(12-15-26)23(27)25-13-10-18-4-3-5-21(24)16-18/h3-9,16-17,20H,10-15H2,1-2H3,(H,25,27). The molecule has 1 N–H and O–H groups in total. The van der Waals surface area contributed by atoms with Crippen molar-refractivity contribution < 1.29 is 13.2 Å². The first-order chi connectivity index (χ1) is 14.3. The summed E-state index contributed by atoms with van der Waals surface area (Å²) in [6.07, 6.45) is 1.78. The molecule has 30 heavy (non-hydrogen) atoms. The predicted molar refractivity (Wildman–Crippen MR) is 120 cm³/mol. The van der Waals surface area contributed by atoms with Gasteiger partial charge in [-0.3, -0.25) is 4.79 Å². The number of carbonyl (C=O) groups is 1. The van der Waals surface area contributed by atoms with E-state index in [0.29, 0.717) is 54.7 Å². The van der Waals surface area contributed by atoms with Crippen LogP contribution in [0.2, 0.25) is 5.02 Å². The fraction of sp³-hybridized carbons (Fsp3) is 0.435. The summed E-state index contributed by atoms with van der Waals surface area (Å²) in [5.41, 5.74) is 2.19. The lowest BCUT2D eigenvalue weighted by atomic mass is 9.97. The number of amides is 1. The van der Waals surface area contributed by atoms with Crippen LogP contribution in [-0.4, -0.2) is 38.3 Å². The number of sulfonamides is 1. The van der Waals surface area contributed by atoms with Crippen LogP contribution in [-0.2, 0) is 21.2 Å². The average molecular weight is 449 g/mol. The van der Waals surface area contributed by atoms with E-state index in [1.54, 1.807) is 12.1 Å². The molecule has 1 aliphatic heterocycles. The number of benzene rings is 2. The van der Waals surface area contributed by atoms with E-state index in [1.165, 1.54) is 4.31 Å². The fourth-order valence-electron chi connectivity index (χ4n) is 3.70. The van der Waals surface area contributed by atoms with Crippen LogP contribution >= 0.6 is 11.6 Å². The van der Waals surface area contributed by atoms with Gasteiger partial charge in [-0.05, 0) is 60.6 Å². The molecular formula is C23H29ClN2O3S. The Morgan fingerprint density at radius 1 is 1.13 bits per heavy atom. The maximum absolute atomic E-state index is 12.9. The summed E-state index contributed by atoms with van der Waals surface area (Å²) in [6.45, 7) is 5.42. The molecule has 0 aromatic heterocycles. The first kappa shape index (κ1) is 22.8. The van der Waals surface area contributed by atoms with Crippen LogP contribution in [0.5, 0.6) is 0 Å². The second-order valence-electron chi connectivity index (χ2n) is 8.07. The van der Waals surface area contributed by atoms with Crippen molar-refractivity contribution in [1.29, 1.82) is 0 Å². The molecule has 1 fully saturated rings. The van der Waals surface area contributed by atoms with E-state index in [-0.39, 0.29) is 11.8 Å². The Kier molecular flexibility index (Phi) is 7.55. The van der Waals surface area contributed by atoms with Gasteiger partial charge in [0.25, 0.3) is 0 Å². The van der Waals surface area contributed by atoms with Crippen molar-refractivity contribution in [2.24, 2.45) is 5.92 Å². The lowest BCUT2D eigenvalue weighted by Gasteiger charge is -2.30. The third-order valence-corrected chi connectivity index (χ3v) is 7.76. The van der Waals surface area contributed by atoms with Gasteiger partial charge in [-0.15, -0.1) is 0 Å². The van der Waals surface area contributed by atoms with E-state index in [1.807, 2.05) is 36.4 Å². The highest BCUT2D eigenvalue weighted by molar-refractivity contribution is 7.89. The number of carbonyl (C=O) groups excluding carboxylic acids is 1. The van der Waals surface area contributed by atoms with Gasteiger partial charge in [-0.25, -0.2) is 8.42 Å². The molecule has 7 heteroatoms. The molecule has 3 rings (SSSR count). The molecule has 0 atom stereocenters. The highest BCUT2D eigenvalue weighted by atomic mass is 35.5. The largest absolute Gasteiger partial charge is 0.356 e. The summed E-state index contributed by atoms with van der Waals surface area (Å²) in [4.78, 5) is 12.8. The van der Waals surface area contributed by atoms with Crippen LogP contribution in [0.25, 0.3) is 0 Å². The van der Waals surface area contributed by atoms with Gasteiger partial charge < -0.3 is 5.32 Å². The van der Waals surface area contributed by atoms with Crippen molar-refractivity contribution in [1.82, 2.24) is 9.62 Å². The van der Waals surface area contributed by atoms with Crippen molar-refractivity contribution in [3.8, 4) is 0 Å². The van der Waals surface area contributed by atoms with Crippen molar-refractivity contribution in [3.63, 3.8) is 0 Å². The Morgan fingerprint density at radius 3 is 2.40 bits per heavy atom. The molecule has 2 aromatic rings. The van der Waals surface area contributed by atoms with Crippen LogP contribution in [0, 0.1) is 5.92 Å². The van der Waals surface area contributed by atoms with Gasteiger partial charge in [0.2, 0.25) is 15.9 Å². The molecule has 0 unspecified atom stereocenters. The zero-order valence-corrected chi connectivity index (χ0v) is 19.0. The van der Waals surface area contributed by atoms with Crippen molar-refractivity contribution >= 4 is 27.5 Å². The maximum Gasteiger partial charge on any atom is 0.243 e. The predicted octanol–water partition coefficient (Wildman–Crippen LogP) is 4.22. The Hall–Kier alpha value is -1.89. The number of rotatable bonds is 7. The second kappa shape index (κ2) is 9.94. The van der Waals surface area contributed by atoms with E-state index in [2.05, 4.69) is 19.2 Å². The van der Waals surface area contributed by atoms with Crippen LogP contribution < -0.4 is 5.32 Å². The molecule has 0 saturated carbocycles. The lowest BCUT2D eigenvalue weighted by molar-refractivity contribution is -0.126. The molecule has 0 spiro atoms. The summed E-state index contributed by atoms with van der Waals surface area (Å²) >= 11 is 5.98. The Balaban J connectivity index is 1.50. The minimum absolute atomic E-state index is 0.00429. The van der Waals surface area contributed by atoms with Crippen LogP contribution in [0.15, 0.2) is 53.4 Å². The monoisotopic (exact) mass is 448 g/mol. The van der Waals surface area contributed by atoms with Crippen LogP contribution in [0.4, 0.5) is 0 Å². The normalized spacial score (nSPS) is 16.0. The lowest BCUT2D eigenvalue weighted by Crippen LogP contribution is -2.43. The molecule has 5 nitrogen and oxygen atoms in total. The number of hydrogen-bond donors (Lipinski definition) is 1. The Bertz CT molecular complexity index is 966. The summed E-state index contributed by atoms with van der Waals surface area (Å²) in [5.74, 6) is 0.198.